The molecule has 8 heteroatoms. The van der Waals surface area contributed by atoms with E-state index in [0.717, 1.165) is 22.4 Å². The van der Waals surface area contributed by atoms with Crippen molar-refractivity contribution in [3.8, 4) is 0 Å². The number of fused-ring (bicyclic) bond motifs is 1. The lowest BCUT2D eigenvalue weighted by Crippen LogP contribution is -2.43. The largest absolute Gasteiger partial charge is 0.324 e. The maximum Gasteiger partial charge on any atom is 0.263 e. The van der Waals surface area contributed by atoms with Gasteiger partial charge in [-0.25, -0.2) is 4.90 Å². The van der Waals surface area contributed by atoms with Crippen LogP contribution in [0.25, 0.3) is 0 Å². The number of nitrogens with one attached hydrogen (secondary N) is 1. The highest BCUT2D eigenvalue weighted by molar-refractivity contribution is 6.25. The second-order valence-corrected chi connectivity index (χ2v) is 7.57. The van der Waals surface area contributed by atoms with Crippen molar-refractivity contribution in [3.63, 3.8) is 0 Å². The average molecular weight is 405 g/mol. The van der Waals surface area contributed by atoms with Gasteiger partial charge >= 0.3 is 0 Å². The second-order valence-electron chi connectivity index (χ2n) is 7.57. The molecular weight excluding hydrogens is 382 g/mol. The van der Waals surface area contributed by atoms with Gasteiger partial charge in [0.05, 0.1) is 5.69 Å². The summed E-state index contributed by atoms with van der Waals surface area (Å²) in [7, 11) is 0. The highest BCUT2D eigenvalue weighted by atomic mass is 16.2. The van der Waals surface area contributed by atoms with Gasteiger partial charge in [0.1, 0.15) is 6.54 Å². The van der Waals surface area contributed by atoms with Crippen LogP contribution in [0.15, 0.2) is 52.8 Å². The lowest BCUT2D eigenvalue weighted by atomic mass is 10.1. The van der Waals surface area contributed by atoms with Crippen LogP contribution >= 0.6 is 0 Å². The van der Waals surface area contributed by atoms with Crippen LogP contribution in [0.2, 0.25) is 0 Å². The van der Waals surface area contributed by atoms with Crippen molar-refractivity contribution in [1.29, 1.82) is 0 Å². The van der Waals surface area contributed by atoms with E-state index in [1.54, 1.807) is 12.1 Å². The first-order valence-corrected chi connectivity index (χ1v) is 9.90. The standard InChI is InChI=1S/C22H23N5O3/c1-4-15-6-8-16(9-7-15)23-18(28)12-26-20-19(24-25-26)21(29)27(22(20)30)17-10-5-13(2)14(3)11-17/h5-11,19-20H,4,12H2,1-3H3,(H,23,28)/t19-,20+/m0/s1. The van der Waals surface area contributed by atoms with Crippen LogP contribution in [-0.4, -0.2) is 41.4 Å². The number of hydrogen-bond acceptors (Lipinski definition) is 6. The predicted octanol–water partition coefficient (Wildman–Crippen LogP) is 2.80. The van der Waals surface area contributed by atoms with Crippen molar-refractivity contribution < 1.29 is 14.4 Å². The lowest BCUT2D eigenvalue weighted by molar-refractivity contribution is -0.123. The van der Waals surface area contributed by atoms with Crippen molar-refractivity contribution in [2.24, 2.45) is 10.3 Å². The third-order valence-electron chi connectivity index (χ3n) is 5.56. The number of amides is 3. The molecule has 3 amide bonds. The van der Waals surface area contributed by atoms with E-state index in [-0.39, 0.29) is 12.5 Å². The van der Waals surface area contributed by atoms with Gasteiger partial charge in [-0.15, -0.1) is 0 Å². The zero-order valence-electron chi connectivity index (χ0n) is 17.1. The summed E-state index contributed by atoms with van der Waals surface area (Å²) in [6.07, 6.45) is 0.915. The molecule has 0 spiro atoms. The summed E-state index contributed by atoms with van der Waals surface area (Å²) in [6.45, 7) is 5.78. The molecule has 1 fully saturated rings. The molecule has 2 heterocycles. The van der Waals surface area contributed by atoms with Crippen LogP contribution in [-0.2, 0) is 20.8 Å². The molecule has 8 nitrogen and oxygen atoms in total. The molecule has 4 rings (SSSR count). The molecule has 1 N–H and O–H groups in total. The molecule has 2 aliphatic rings. The summed E-state index contributed by atoms with van der Waals surface area (Å²) in [5.74, 6) is -1.17. The van der Waals surface area contributed by atoms with Crippen LogP contribution in [0.5, 0.6) is 0 Å². The van der Waals surface area contributed by atoms with Crippen LogP contribution in [0, 0.1) is 13.8 Å². The first-order chi connectivity index (χ1) is 14.4. The molecule has 0 unspecified atom stereocenters. The van der Waals surface area contributed by atoms with E-state index in [1.165, 1.54) is 10.6 Å². The van der Waals surface area contributed by atoms with E-state index in [4.69, 9.17) is 0 Å². The number of anilines is 2. The monoisotopic (exact) mass is 405 g/mol. The minimum absolute atomic E-state index is 0.167. The summed E-state index contributed by atoms with van der Waals surface area (Å²) in [5.41, 5.74) is 4.40. The Morgan fingerprint density at radius 2 is 1.77 bits per heavy atom. The number of aryl methyl sites for hydroxylation is 3. The molecule has 0 aromatic heterocycles. The van der Waals surface area contributed by atoms with Gasteiger partial charge in [0, 0.05) is 5.69 Å². The van der Waals surface area contributed by atoms with E-state index in [2.05, 4.69) is 22.6 Å². The molecule has 0 radical (unpaired) electrons. The molecular formula is C22H23N5O3. The van der Waals surface area contributed by atoms with Crippen molar-refractivity contribution in [1.82, 2.24) is 5.01 Å². The molecule has 0 saturated carbocycles. The van der Waals surface area contributed by atoms with Gasteiger partial charge in [0.25, 0.3) is 11.8 Å². The Morgan fingerprint density at radius 3 is 2.43 bits per heavy atom. The third-order valence-corrected chi connectivity index (χ3v) is 5.56. The van der Waals surface area contributed by atoms with Gasteiger partial charge in [-0.05, 0) is 61.2 Å². The van der Waals surface area contributed by atoms with Gasteiger partial charge < -0.3 is 5.32 Å². The first kappa shape index (κ1) is 19.8. The molecule has 30 heavy (non-hydrogen) atoms. The molecule has 1 saturated heterocycles. The first-order valence-electron chi connectivity index (χ1n) is 9.90. The van der Waals surface area contributed by atoms with Gasteiger partial charge in [-0.1, -0.05) is 30.3 Å². The van der Waals surface area contributed by atoms with Crippen LogP contribution in [0.1, 0.15) is 23.6 Å². The summed E-state index contributed by atoms with van der Waals surface area (Å²) >= 11 is 0. The minimum atomic E-state index is -0.921. The number of imide groups is 1. The fraction of sp³-hybridized carbons (Fsp3) is 0.318. The zero-order valence-corrected chi connectivity index (χ0v) is 17.1. The van der Waals surface area contributed by atoms with Crippen molar-refractivity contribution in [3.05, 3.63) is 59.2 Å². The maximum atomic E-state index is 13.0. The van der Waals surface area contributed by atoms with Crippen LogP contribution in [0.3, 0.4) is 0 Å². The number of benzene rings is 2. The quantitative estimate of drug-likeness (QED) is 0.774. The molecule has 2 aromatic rings. The van der Waals surface area contributed by atoms with Crippen LogP contribution < -0.4 is 10.2 Å². The fourth-order valence-corrected chi connectivity index (χ4v) is 3.64. The fourth-order valence-electron chi connectivity index (χ4n) is 3.64. The van der Waals surface area contributed by atoms with E-state index in [0.29, 0.717) is 11.4 Å². The summed E-state index contributed by atoms with van der Waals surface area (Å²) in [5, 5.41) is 12.0. The predicted molar refractivity (Wildman–Crippen MR) is 112 cm³/mol. The molecule has 154 valence electrons. The number of nitrogens with zero attached hydrogens (tertiary/aromatic N) is 4. The Kier molecular flexibility index (Phi) is 5.07. The lowest BCUT2D eigenvalue weighted by Gasteiger charge is -2.20. The van der Waals surface area contributed by atoms with E-state index >= 15 is 0 Å². The summed E-state index contributed by atoms with van der Waals surface area (Å²) < 4.78 is 0. The maximum absolute atomic E-state index is 13.0. The number of hydrogen-bond donors (Lipinski definition) is 1. The molecule has 2 aliphatic heterocycles. The van der Waals surface area contributed by atoms with Crippen molar-refractivity contribution in [2.45, 2.75) is 39.3 Å². The SMILES string of the molecule is CCc1ccc(NC(=O)CN2N=N[C@@H]3C(=O)N(c4ccc(C)c(C)c4)C(=O)[C@@H]32)cc1. The molecule has 2 aromatic carbocycles. The van der Waals surface area contributed by atoms with Crippen molar-refractivity contribution in [2.75, 3.05) is 16.8 Å². The van der Waals surface area contributed by atoms with Gasteiger partial charge in [-0.2, -0.15) is 5.11 Å². The third kappa shape index (κ3) is 3.45. The Balaban J connectivity index is 1.47. The zero-order chi connectivity index (χ0) is 21.4. The van der Waals surface area contributed by atoms with E-state index in [9.17, 15) is 14.4 Å². The smallest absolute Gasteiger partial charge is 0.263 e. The summed E-state index contributed by atoms with van der Waals surface area (Å²) in [6, 6.07) is 11.2. The Morgan fingerprint density at radius 1 is 1.03 bits per heavy atom. The number of carbonyl (C=O) groups is 3. The minimum Gasteiger partial charge on any atom is -0.324 e. The van der Waals surface area contributed by atoms with Crippen LogP contribution in [0.4, 0.5) is 11.4 Å². The van der Waals surface area contributed by atoms with Gasteiger partial charge in [0.15, 0.2) is 12.1 Å². The molecule has 2 atom stereocenters. The van der Waals surface area contributed by atoms with Gasteiger partial charge in [0.2, 0.25) is 5.91 Å². The number of carbonyl (C=O) groups excluding carboxylic acids is 3. The van der Waals surface area contributed by atoms with E-state index < -0.39 is 23.9 Å². The van der Waals surface area contributed by atoms with E-state index in [1.807, 2.05) is 44.2 Å². The molecule has 0 bridgehead atoms. The topological polar surface area (TPSA) is 94.4 Å². The highest BCUT2D eigenvalue weighted by Crippen LogP contribution is 2.32. The Bertz CT molecular complexity index is 1050. The highest BCUT2D eigenvalue weighted by Gasteiger charge is 2.55. The second kappa shape index (κ2) is 7.70. The van der Waals surface area contributed by atoms with Crippen molar-refractivity contribution >= 4 is 29.1 Å². The number of rotatable bonds is 5. The normalized spacial score (nSPS) is 20.1. The average Bonchev–Trinajstić information content (AvgIpc) is 3.24. The summed E-state index contributed by atoms with van der Waals surface area (Å²) in [4.78, 5) is 39.4. The Hall–Kier alpha value is -3.55. The van der Waals surface area contributed by atoms with Gasteiger partial charge in [-0.3, -0.25) is 19.4 Å². The molecule has 0 aliphatic carbocycles. The Labute approximate surface area is 174 Å².